The molecule has 0 saturated carbocycles. The highest BCUT2D eigenvalue weighted by Crippen LogP contribution is 2.43. The molecule has 2 rings (SSSR count). The monoisotopic (exact) mass is 366 g/mol. The first-order chi connectivity index (χ1) is 11.1. The van der Waals surface area contributed by atoms with Crippen LogP contribution >= 0.6 is 7.60 Å². The summed E-state index contributed by atoms with van der Waals surface area (Å²) in [5, 5.41) is 0. The van der Waals surface area contributed by atoms with Crippen molar-refractivity contribution in [3.05, 3.63) is 65.0 Å². The first-order valence-electron chi connectivity index (χ1n) is 6.25. The van der Waals surface area contributed by atoms with Gasteiger partial charge in [0.1, 0.15) is 11.9 Å². The fraction of sp³-hybridized carbons (Fsp3) is 0.0714. The molecule has 0 aliphatic carbocycles. The molecule has 1 atom stereocenters. The van der Waals surface area contributed by atoms with E-state index in [1.54, 1.807) is 6.07 Å². The van der Waals surface area contributed by atoms with Crippen LogP contribution in [0.4, 0.5) is 22.0 Å². The lowest BCUT2D eigenvalue weighted by molar-refractivity contribution is 0.100. The second-order valence-corrected chi connectivity index (χ2v) is 6.34. The number of halogens is 5. The summed E-state index contributed by atoms with van der Waals surface area (Å²) in [5.74, 6) is -13.7. The third-order valence-corrected chi connectivity index (χ3v) is 4.01. The Kier molecular flexibility index (Phi) is 5.05. The van der Waals surface area contributed by atoms with Crippen molar-refractivity contribution in [3.63, 3.8) is 0 Å². The zero-order valence-electron chi connectivity index (χ0n) is 11.6. The Balaban J connectivity index is 2.32. The van der Waals surface area contributed by atoms with E-state index in [0.29, 0.717) is 0 Å². The lowest BCUT2D eigenvalue weighted by Crippen LogP contribution is -2.17. The standard InChI is InChI=1S/C14H8F5O4P/c15-10-9(11(16)13(18)14(19)12(10)17)8(20)6-24(21,22)23-7-4-2-1-3-5-7/h1-5H,6H2,(H,21,22). The average molecular weight is 366 g/mol. The van der Waals surface area contributed by atoms with Crippen molar-refractivity contribution >= 4 is 13.4 Å². The zero-order chi connectivity index (χ0) is 18.1. The van der Waals surface area contributed by atoms with E-state index in [4.69, 9.17) is 0 Å². The van der Waals surface area contributed by atoms with Crippen LogP contribution < -0.4 is 4.52 Å². The van der Waals surface area contributed by atoms with Crippen LogP contribution in [0.5, 0.6) is 5.75 Å². The Hall–Kier alpha value is -2.25. The van der Waals surface area contributed by atoms with Crippen LogP contribution in [0.15, 0.2) is 30.3 Å². The second kappa shape index (κ2) is 6.70. The minimum atomic E-state index is -4.74. The van der Waals surface area contributed by atoms with Crippen LogP contribution in [0.25, 0.3) is 0 Å². The topological polar surface area (TPSA) is 63.6 Å². The van der Waals surface area contributed by atoms with E-state index in [2.05, 4.69) is 4.52 Å². The van der Waals surface area contributed by atoms with Crippen LogP contribution in [0.2, 0.25) is 0 Å². The van der Waals surface area contributed by atoms with Crippen LogP contribution in [0.1, 0.15) is 10.4 Å². The molecule has 0 bridgehead atoms. The number of carbonyl (C=O) groups is 1. The van der Waals surface area contributed by atoms with Gasteiger partial charge in [-0.2, -0.15) is 0 Å². The average Bonchev–Trinajstić information content (AvgIpc) is 2.51. The molecule has 0 saturated heterocycles. The molecule has 2 aromatic carbocycles. The van der Waals surface area contributed by atoms with E-state index >= 15 is 0 Å². The largest absolute Gasteiger partial charge is 0.424 e. The zero-order valence-corrected chi connectivity index (χ0v) is 12.5. The smallest absolute Gasteiger partial charge is 0.384 e. The molecule has 0 aliphatic heterocycles. The molecule has 0 amide bonds. The van der Waals surface area contributed by atoms with E-state index in [1.807, 2.05) is 0 Å². The van der Waals surface area contributed by atoms with Crippen molar-refractivity contribution in [1.29, 1.82) is 0 Å². The summed E-state index contributed by atoms with van der Waals surface area (Å²) >= 11 is 0. The van der Waals surface area contributed by atoms with E-state index < -0.39 is 54.2 Å². The molecule has 1 unspecified atom stereocenters. The number of rotatable bonds is 5. The lowest BCUT2D eigenvalue weighted by Gasteiger charge is -2.13. The van der Waals surface area contributed by atoms with Gasteiger partial charge in [0, 0.05) is 0 Å². The third-order valence-electron chi connectivity index (χ3n) is 2.82. The van der Waals surface area contributed by atoms with E-state index in [1.165, 1.54) is 24.3 Å². The Morgan fingerprint density at radius 2 is 1.38 bits per heavy atom. The molecule has 0 fully saturated rings. The van der Waals surface area contributed by atoms with E-state index in [0.717, 1.165) is 0 Å². The van der Waals surface area contributed by atoms with Crippen molar-refractivity contribution in [2.75, 3.05) is 6.16 Å². The van der Waals surface area contributed by atoms with Crippen molar-refractivity contribution in [2.45, 2.75) is 0 Å². The maximum atomic E-state index is 13.5. The number of ketones is 1. The van der Waals surface area contributed by atoms with Gasteiger partial charge in [-0.25, -0.2) is 26.5 Å². The predicted molar refractivity (Wildman–Crippen MR) is 72.3 cm³/mol. The van der Waals surface area contributed by atoms with Gasteiger partial charge in [-0.05, 0) is 12.1 Å². The van der Waals surface area contributed by atoms with E-state index in [9.17, 15) is 36.2 Å². The first-order valence-corrected chi connectivity index (χ1v) is 8.01. The van der Waals surface area contributed by atoms with Crippen molar-refractivity contribution in [3.8, 4) is 5.75 Å². The molecule has 1 N–H and O–H groups in total. The number of Topliss-reactive ketones (excluding diaryl/α,β-unsaturated/α-hetero) is 1. The van der Waals surface area contributed by atoms with Crippen molar-refractivity contribution in [1.82, 2.24) is 0 Å². The summed E-state index contributed by atoms with van der Waals surface area (Å²) in [4.78, 5) is 21.3. The molecule has 10 heteroatoms. The molecule has 0 aromatic heterocycles. The third kappa shape index (κ3) is 3.63. The Labute approximate surface area is 132 Å². The molecule has 2 aromatic rings. The number of benzene rings is 2. The highest BCUT2D eigenvalue weighted by molar-refractivity contribution is 7.54. The first kappa shape index (κ1) is 18.1. The fourth-order valence-corrected chi connectivity index (χ4v) is 2.83. The highest BCUT2D eigenvalue weighted by Gasteiger charge is 2.34. The summed E-state index contributed by atoms with van der Waals surface area (Å²) in [6, 6.07) is 7.00. The number of para-hydroxylation sites is 1. The number of hydrogen-bond donors (Lipinski definition) is 1. The van der Waals surface area contributed by atoms with Gasteiger partial charge >= 0.3 is 7.60 Å². The molecule has 4 nitrogen and oxygen atoms in total. The van der Waals surface area contributed by atoms with E-state index in [-0.39, 0.29) is 5.75 Å². The SMILES string of the molecule is O=C(CP(=O)(O)Oc1ccccc1)c1c(F)c(F)c(F)c(F)c1F. The van der Waals surface area contributed by atoms with Crippen LogP contribution in [0.3, 0.4) is 0 Å². The summed E-state index contributed by atoms with van der Waals surface area (Å²) in [5.41, 5.74) is -1.79. The lowest BCUT2D eigenvalue weighted by atomic mass is 10.1. The van der Waals surface area contributed by atoms with Gasteiger partial charge in [-0.1, -0.05) is 18.2 Å². The minimum absolute atomic E-state index is 0.117. The van der Waals surface area contributed by atoms with Gasteiger partial charge in [-0.15, -0.1) is 0 Å². The van der Waals surface area contributed by atoms with Gasteiger partial charge in [0.05, 0.1) is 5.56 Å². The molecule has 0 radical (unpaired) electrons. The summed E-state index contributed by atoms with van der Waals surface area (Å²) < 4.78 is 82.5. The molecule has 0 aliphatic rings. The van der Waals surface area contributed by atoms with Crippen LogP contribution in [-0.2, 0) is 4.57 Å². The molecule has 0 heterocycles. The summed E-state index contributed by atoms with van der Waals surface area (Å²) in [6.07, 6.45) is -1.47. The Morgan fingerprint density at radius 3 is 1.88 bits per heavy atom. The number of carbonyl (C=O) groups excluding carboxylic acids is 1. The van der Waals surface area contributed by atoms with Gasteiger partial charge in [0.25, 0.3) is 0 Å². The van der Waals surface area contributed by atoms with Crippen molar-refractivity contribution < 1.29 is 40.7 Å². The quantitative estimate of drug-likeness (QED) is 0.287. The minimum Gasteiger partial charge on any atom is -0.424 e. The molecular weight excluding hydrogens is 358 g/mol. The molecule has 128 valence electrons. The molecular formula is C14H8F5O4P. The summed E-state index contributed by atoms with van der Waals surface area (Å²) in [7, 11) is -4.74. The normalized spacial score (nSPS) is 13.4. The maximum absolute atomic E-state index is 13.5. The van der Waals surface area contributed by atoms with Gasteiger partial charge in [0.2, 0.25) is 5.82 Å². The molecule has 24 heavy (non-hydrogen) atoms. The fourth-order valence-electron chi connectivity index (χ4n) is 1.79. The molecule has 0 spiro atoms. The van der Waals surface area contributed by atoms with Crippen LogP contribution in [0, 0.1) is 29.1 Å². The van der Waals surface area contributed by atoms with Gasteiger partial charge < -0.3 is 9.42 Å². The van der Waals surface area contributed by atoms with Gasteiger partial charge in [0.15, 0.2) is 29.1 Å². The Morgan fingerprint density at radius 1 is 0.917 bits per heavy atom. The van der Waals surface area contributed by atoms with Crippen LogP contribution in [-0.4, -0.2) is 16.8 Å². The van der Waals surface area contributed by atoms with Gasteiger partial charge in [-0.3, -0.25) is 4.79 Å². The van der Waals surface area contributed by atoms with Crippen molar-refractivity contribution in [2.24, 2.45) is 0 Å². The maximum Gasteiger partial charge on any atom is 0.384 e. The summed E-state index contributed by atoms with van der Waals surface area (Å²) in [6.45, 7) is 0. The number of hydrogen-bond acceptors (Lipinski definition) is 3. The second-order valence-electron chi connectivity index (χ2n) is 4.57. The highest BCUT2D eigenvalue weighted by atomic mass is 31.2. The predicted octanol–water partition coefficient (Wildman–Crippen LogP) is 3.83. The Bertz CT molecular complexity index is 812.